The number of hydrogen-bond donors (Lipinski definition) is 1. The van der Waals surface area contributed by atoms with Gasteiger partial charge in [-0.1, -0.05) is 42.0 Å². The van der Waals surface area contributed by atoms with Gasteiger partial charge in [0.2, 0.25) is 0 Å². The third-order valence-electron chi connectivity index (χ3n) is 3.37. The van der Waals surface area contributed by atoms with Gasteiger partial charge in [-0.2, -0.15) is 0 Å². The van der Waals surface area contributed by atoms with E-state index < -0.39 is 6.10 Å². The van der Waals surface area contributed by atoms with Crippen molar-refractivity contribution in [3.05, 3.63) is 71.0 Å². The first-order chi connectivity index (χ1) is 10.0. The van der Waals surface area contributed by atoms with E-state index in [2.05, 4.69) is 36.1 Å². The van der Waals surface area contributed by atoms with Gasteiger partial charge in [0, 0.05) is 19.6 Å². The molecule has 2 aromatic carbocycles. The third-order valence-corrected chi connectivity index (χ3v) is 3.37. The highest BCUT2D eigenvalue weighted by molar-refractivity contribution is 5.22. The number of rotatable bonds is 6. The second-order valence-corrected chi connectivity index (χ2v) is 5.63. The fourth-order valence-electron chi connectivity index (χ4n) is 2.36. The van der Waals surface area contributed by atoms with Crippen molar-refractivity contribution in [2.45, 2.75) is 33.0 Å². The van der Waals surface area contributed by atoms with Gasteiger partial charge < -0.3 is 5.11 Å². The molecule has 0 spiro atoms. The summed E-state index contributed by atoms with van der Waals surface area (Å²) in [5.41, 5.74) is 3.49. The molecule has 0 aromatic heterocycles. The van der Waals surface area contributed by atoms with Crippen LogP contribution in [0.25, 0.3) is 0 Å². The average Bonchev–Trinajstić information content (AvgIpc) is 2.43. The molecule has 0 aliphatic carbocycles. The molecular weight excluding hydrogens is 265 g/mol. The minimum Gasteiger partial charge on any atom is -0.392 e. The zero-order valence-electron chi connectivity index (χ0n) is 12.6. The summed E-state index contributed by atoms with van der Waals surface area (Å²) in [6.07, 6.45) is -0.393. The standard InChI is InChI=1S/C18H22FNO/c1-14-3-5-16(6-4-14)12-20(11-15(2)21)13-17-7-9-18(19)10-8-17/h3-10,15,21H,11-13H2,1-2H3/t15-/m0/s1. The van der Waals surface area contributed by atoms with E-state index in [1.165, 1.54) is 23.3 Å². The summed E-state index contributed by atoms with van der Waals surface area (Å²) in [4.78, 5) is 2.17. The maximum atomic E-state index is 13.0. The Balaban J connectivity index is 2.06. The van der Waals surface area contributed by atoms with Crippen LogP contribution in [-0.2, 0) is 13.1 Å². The van der Waals surface area contributed by atoms with Crippen molar-refractivity contribution >= 4 is 0 Å². The highest BCUT2D eigenvalue weighted by atomic mass is 19.1. The van der Waals surface area contributed by atoms with Gasteiger partial charge in [-0.3, -0.25) is 4.90 Å². The van der Waals surface area contributed by atoms with Crippen LogP contribution in [0.4, 0.5) is 4.39 Å². The molecule has 0 aliphatic rings. The van der Waals surface area contributed by atoms with Crippen LogP contribution in [0.15, 0.2) is 48.5 Å². The Hall–Kier alpha value is -1.71. The van der Waals surface area contributed by atoms with Crippen LogP contribution >= 0.6 is 0 Å². The largest absolute Gasteiger partial charge is 0.392 e. The maximum Gasteiger partial charge on any atom is 0.123 e. The molecule has 1 N–H and O–H groups in total. The molecule has 0 fully saturated rings. The van der Waals surface area contributed by atoms with Crippen molar-refractivity contribution in [3.8, 4) is 0 Å². The first kappa shape index (κ1) is 15.7. The number of aliphatic hydroxyl groups excluding tert-OH is 1. The Labute approximate surface area is 125 Å². The van der Waals surface area contributed by atoms with Crippen LogP contribution in [0.2, 0.25) is 0 Å². The van der Waals surface area contributed by atoms with Crippen molar-refractivity contribution in [2.24, 2.45) is 0 Å². The number of benzene rings is 2. The number of hydrogen-bond acceptors (Lipinski definition) is 2. The van der Waals surface area contributed by atoms with Crippen LogP contribution in [0.1, 0.15) is 23.6 Å². The fourth-order valence-corrected chi connectivity index (χ4v) is 2.36. The van der Waals surface area contributed by atoms with Gasteiger partial charge in [0.05, 0.1) is 6.10 Å². The molecule has 0 saturated carbocycles. The summed E-state index contributed by atoms with van der Waals surface area (Å²) in [6.45, 7) is 5.90. The lowest BCUT2D eigenvalue weighted by Crippen LogP contribution is -2.30. The summed E-state index contributed by atoms with van der Waals surface area (Å²) < 4.78 is 13.0. The van der Waals surface area contributed by atoms with E-state index in [0.29, 0.717) is 13.1 Å². The molecule has 0 radical (unpaired) electrons. The van der Waals surface area contributed by atoms with E-state index in [9.17, 15) is 9.50 Å². The summed E-state index contributed by atoms with van der Waals surface area (Å²) in [7, 11) is 0. The first-order valence-electron chi connectivity index (χ1n) is 7.23. The predicted octanol–water partition coefficient (Wildman–Crippen LogP) is 3.52. The third kappa shape index (κ3) is 5.29. The monoisotopic (exact) mass is 287 g/mol. The highest BCUT2D eigenvalue weighted by Gasteiger charge is 2.10. The van der Waals surface area contributed by atoms with E-state index in [1.54, 1.807) is 19.1 Å². The van der Waals surface area contributed by atoms with Gasteiger partial charge in [-0.05, 0) is 37.1 Å². The predicted molar refractivity (Wildman–Crippen MR) is 83.4 cm³/mol. The van der Waals surface area contributed by atoms with E-state index in [4.69, 9.17) is 0 Å². The van der Waals surface area contributed by atoms with Gasteiger partial charge in [0.1, 0.15) is 5.82 Å². The lowest BCUT2D eigenvalue weighted by molar-refractivity contribution is 0.118. The molecule has 1 atom stereocenters. The normalized spacial score (nSPS) is 12.6. The van der Waals surface area contributed by atoms with E-state index in [-0.39, 0.29) is 5.82 Å². The van der Waals surface area contributed by atoms with E-state index in [0.717, 1.165) is 12.1 Å². The van der Waals surface area contributed by atoms with Crippen LogP contribution < -0.4 is 0 Å². The van der Waals surface area contributed by atoms with Crippen molar-refractivity contribution < 1.29 is 9.50 Å². The Morgan fingerprint density at radius 2 is 1.43 bits per heavy atom. The average molecular weight is 287 g/mol. The van der Waals surface area contributed by atoms with Gasteiger partial charge in [0.15, 0.2) is 0 Å². The Morgan fingerprint density at radius 1 is 0.952 bits per heavy atom. The lowest BCUT2D eigenvalue weighted by atomic mass is 10.1. The number of aryl methyl sites for hydroxylation is 1. The molecule has 0 unspecified atom stereocenters. The van der Waals surface area contributed by atoms with Crippen LogP contribution in [0.5, 0.6) is 0 Å². The summed E-state index contributed by atoms with van der Waals surface area (Å²) in [6, 6.07) is 14.9. The van der Waals surface area contributed by atoms with Crippen LogP contribution in [0.3, 0.4) is 0 Å². The molecule has 3 heteroatoms. The van der Waals surface area contributed by atoms with Crippen molar-refractivity contribution in [2.75, 3.05) is 6.54 Å². The molecule has 112 valence electrons. The first-order valence-corrected chi connectivity index (χ1v) is 7.23. The van der Waals surface area contributed by atoms with Gasteiger partial charge in [-0.25, -0.2) is 4.39 Å². The second kappa shape index (κ2) is 7.34. The molecule has 21 heavy (non-hydrogen) atoms. The molecule has 0 saturated heterocycles. The minimum absolute atomic E-state index is 0.223. The topological polar surface area (TPSA) is 23.5 Å². The minimum atomic E-state index is -0.393. The number of halogens is 1. The molecule has 0 heterocycles. The molecule has 0 aliphatic heterocycles. The van der Waals surface area contributed by atoms with Gasteiger partial charge in [-0.15, -0.1) is 0 Å². The van der Waals surface area contributed by atoms with Crippen LogP contribution in [0, 0.1) is 12.7 Å². The Bertz CT molecular complexity index is 501. The SMILES string of the molecule is Cc1ccc(CN(Cc2ccc(F)cc2)C[C@H](C)O)cc1. The molecule has 2 rings (SSSR count). The zero-order valence-corrected chi connectivity index (χ0v) is 12.6. The quantitative estimate of drug-likeness (QED) is 0.878. The lowest BCUT2D eigenvalue weighted by Gasteiger charge is -2.24. The Kier molecular flexibility index (Phi) is 5.48. The summed E-state index contributed by atoms with van der Waals surface area (Å²) >= 11 is 0. The molecule has 0 bridgehead atoms. The van der Waals surface area contributed by atoms with Crippen LogP contribution in [-0.4, -0.2) is 22.7 Å². The van der Waals surface area contributed by atoms with E-state index >= 15 is 0 Å². The Morgan fingerprint density at radius 3 is 1.90 bits per heavy atom. The highest BCUT2D eigenvalue weighted by Crippen LogP contribution is 2.12. The summed E-state index contributed by atoms with van der Waals surface area (Å²) in [5.74, 6) is -0.223. The number of aliphatic hydroxyl groups is 1. The molecule has 2 nitrogen and oxygen atoms in total. The molecular formula is C18H22FNO. The smallest absolute Gasteiger partial charge is 0.123 e. The van der Waals surface area contributed by atoms with Gasteiger partial charge >= 0.3 is 0 Å². The van der Waals surface area contributed by atoms with Crippen molar-refractivity contribution in [3.63, 3.8) is 0 Å². The van der Waals surface area contributed by atoms with E-state index in [1.807, 2.05) is 0 Å². The number of nitrogens with zero attached hydrogens (tertiary/aromatic N) is 1. The van der Waals surface area contributed by atoms with Gasteiger partial charge in [0.25, 0.3) is 0 Å². The fraction of sp³-hybridized carbons (Fsp3) is 0.333. The molecule has 0 amide bonds. The second-order valence-electron chi connectivity index (χ2n) is 5.63. The molecule has 2 aromatic rings. The van der Waals surface area contributed by atoms with Crippen molar-refractivity contribution in [1.29, 1.82) is 0 Å². The zero-order chi connectivity index (χ0) is 15.2. The maximum absolute atomic E-state index is 13.0. The van der Waals surface area contributed by atoms with Crippen molar-refractivity contribution in [1.82, 2.24) is 4.90 Å². The summed E-state index contributed by atoms with van der Waals surface area (Å²) in [5, 5.41) is 9.67.